The second-order valence-corrected chi connectivity index (χ2v) is 6.99. The molecule has 1 N–H and O–H groups in total. The molecule has 1 fully saturated rings. The van der Waals surface area contributed by atoms with Crippen LogP contribution in [0.4, 0.5) is 5.69 Å². The third-order valence-electron chi connectivity index (χ3n) is 5.03. The number of ether oxygens (including phenoxy) is 2. The molecule has 23 heavy (non-hydrogen) atoms. The van der Waals surface area contributed by atoms with E-state index in [-0.39, 0.29) is 11.8 Å². The summed E-state index contributed by atoms with van der Waals surface area (Å²) in [6.45, 7) is 6.68. The zero-order valence-electron chi connectivity index (χ0n) is 14.9. The summed E-state index contributed by atoms with van der Waals surface area (Å²) in [5.74, 6) is 3.11. The zero-order valence-corrected chi connectivity index (χ0v) is 14.9. The lowest BCUT2D eigenvalue weighted by atomic mass is 9.70. The summed E-state index contributed by atoms with van der Waals surface area (Å²) < 4.78 is 10.6. The van der Waals surface area contributed by atoms with Crippen LogP contribution in [0, 0.1) is 23.7 Å². The van der Waals surface area contributed by atoms with E-state index < -0.39 is 0 Å². The van der Waals surface area contributed by atoms with Crippen molar-refractivity contribution < 1.29 is 14.3 Å². The quantitative estimate of drug-likeness (QED) is 0.877. The minimum absolute atomic E-state index is 0.0746. The first-order valence-corrected chi connectivity index (χ1v) is 8.49. The first-order chi connectivity index (χ1) is 11.0. The summed E-state index contributed by atoms with van der Waals surface area (Å²) in [5, 5.41) is 3.07. The highest BCUT2D eigenvalue weighted by atomic mass is 16.5. The van der Waals surface area contributed by atoms with Crippen molar-refractivity contribution in [3.8, 4) is 11.5 Å². The maximum atomic E-state index is 12.9. The average molecular weight is 319 g/mol. The molecular weight excluding hydrogens is 290 g/mol. The van der Waals surface area contributed by atoms with E-state index >= 15 is 0 Å². The normalized spacial score (nSPS) is 24.3. The van der Waals surface area contributed by atoms with Crippen molar-refractivity contribution in [2.45, 2.75) is 40.0 Å². The fraction of sp³-hybridized carbons (Fsp3) is 0.632. The summed E-state index contributed by atoms with van der Waals surface area (Å²) in [5.41, 5.74) is 0.707. The summed E-state index contributed by atoms with van der Waals surface area (Å²) in [6, 6.07) is 5.47. The smallest absolute Gasteiger partial charge is 0.227 e. The summed E-state index contributed by atoms with van der Waals surface area (Å²) in [6.07, 6.45) is 3.32. The molecule has 0 heterocycles. The van der Waals surface area contributed by atoms with Gasteiger partial charge in [0.25, 0.3) is 0 Å². The van der Waals surface area contributed by atoms with Gasteiger partial charge in [-0.05, 0) is 42.7 Å². The number of methoxy groups -OCH3 is 2. The Morgan fingerprint density at radius 2 is 1.96 bits per heavy atom. The van der Waals surface area contributed by atoms with E-state index in [9.17, 15) is 4.79 Å². The molecule has 1 aromatic rings. The molecule has 1 aliphatic carbocycles. The molecule has 1 amide bonds. The van der Waals surface area contributed by atoms with Gasteiger partial charge in [-0.2, -0.15) is 0 Å². The zero-order chi connectivity index (χ0) is 17.0. The van der Waals surface area contributed by atoms with Gasteiger partial charge in [-0.3, -0.25) is 4.79 Å². The number of rotatable bonds is 5. The van der Waals surface area contributed by atoms with Gasteiger partial charge in [0.1, 0.15) is 11.5 Å². The Morgan fingerprint density at radius 1 is 1.22 bits per heavy atom. The first kappa shape index (κ1) is 17.6. The van der Waals surface area contributed by atoms with E-state index in [0.29, 0.717) is 34.9 Å². The Kier molecular flexibility index (Phi) is 5.91. The van der Waals surface area contributed by atoms with Gasteiger partial charge in [-0.25, -0.2) is 0 Å². The average Bonchev–Trinajstić information content (AvgIpc) is 2.54. The first-order valence-electron chi connectivity index (χ1n) is 8.49. The number of hydrogen-bond acceptors (Lipinski definition) is 3. The topological polar surface area (TPSA) is 47.6 Å². The predicted molar refractivity (Wildman–Crippen MR) is 93.0 cm³/mol. The number of hydrogen-bond donors (Lipinski definition) is 1. The predicted octanol–water partition coefficient (Wildman–Crippen LogP) is 4.35. The molecule has 2 rings (SSSR count). The summed E-state index contributed by atoms with van der Waals surface area (Å²) in [4.78, 5) is 12.9. The van der Waals surface area contributed by atoms with E-state index in [0.717, 1.165) is 12.8 Å². The molecule has 1 aromatic carbocycles. The molecular formula is C19H29NO3. The number of carbonyl (C=O) groups excluding carboxylic acids is 1. The van der Waals surface area contributed by atoms with E-state index in [4.69, 9.17) is 9.47 Å². The molecule has 4 nitrogen and oxygen atoms in total. The van der Waals surface area contributed by atoms with Gasteiger partial charge in [-0.15, -0.1) is 0 Å². The Bertz CT molecular complexity index is 541. The van der Waals surface area contributed by atoms with Crippen LogP contribution in [0.5, 0.6) is 11.5 Å². The fourth-order valence-corrected chi connectivity index (χ4v) is 3.63. The van der Waals surface area contributed by atoms with Crippen LogP contribution in [0.3, 0.4) is 0 Å². The lowest BCUT2D eigenvalue weighted by Gasteiger charge is -2.36. The van der Waals surface area contributed by atoms with Crippen LogP contribution in [-0.2, 0) is 4.79 Å². The lowest BCUT2D eigenvalue weighted by molar-refractivity contribution is -0.124. The second kappa shape index (κ2) is 7.71. The SMILES string of the molecule is COc1ccc(NC(=O)[C@@H]2C[C@H](C)CC[C@H]2C(C)C)c(OC)c1. The molecule has 0 saturated heterocycles. The van der Waals surface area contributed by atoms with Gasteiger partial charge in [0.05, 0.1) is 19.9 Å². The van der Waals surface area contributed by atoms with Crippen LogP contribution in [0.25, 0.3) is 0 Å². The molecule has 4 heteroatoms. The molecule has 0 radical (unpaired) electrons. The van der Waals surface area contributed by atoms with Crippen molar-refractivity contribution >= 4 is 11.6 Å². The molecule has 128 valence electrons. The van der Waals surface area contributed by atoms with Crippen molar-refractivity contribution in [2.75, 3.05) is 19.5 Å². The van der Waals surface area contributed by atoms with Gasteiger partial charge in [0, 0.05) is 12.0 Å². The van der Waals surface area contributed by atoms with E-state index in [1.54, 1.807) is 20.3 Å². The molecule has 0 aromatic heterocycles. The largest absolute Gasteiger partial charge is 0.497 e. The van der Waals surface area contributed by atoms with Crippen LogP contribution in [-0.4, -0.2) is 20.1 Å². The van der Waals surface area contributed by atoms with Crippen molar-refractivity contribution in [3.05, 3.63) is 18.2 Å². The number of anilines is 1. The van der Waals surface area contributed by atoms with E-state index in [1.165, 1.54) is 6.42 Å². The molecule has 1 aliphatic rings. The second-order valence-electron chi connectivity index (χ2n) is 6.99. The number of amides is 1. The van der Waals surface area contributed by atoms with Crippen molar-refractivity contribution in [3.63, 3.8) is 0 Å². The maximum Gasteiger partial charge on any atom is 0.227 e. The van der Waals surface area contributed by atoms with Crippen LogP contribution in [0.2, 0.25) is 0 Å². The highest BCUT2D eigenvalue weighted by Gasteiger charge is 2.35. The Hall–Kier alpha value is -1.71. The third kappa shape index (κ3) is 4.18. The van der Waals surface area contributed by atoms with E-state index in [2.05, 4.69) is 26.1 Å². The van der Waals surface area contributed by atoms with Gasteiger partial charge >= 0.3 is 0 Å². The molecule has 0 bridgehead atoms. The molecule has 1 saturated carbocycles. The van der Waals surface area contributed by atoms with Crippen molar-refractivity contribution in [2.24, 2.45) is 23.7 Å². The Morgan fingerprint density at radius 3 is 2.57 bits per heavy atom. The lowest BCUT2D eigenvalue weighted by Crippen LogP contribution is -2.36. The number of carbonyl (C=O) groups is 1. The highest BCUT2D eigenvalue weighted by Crippen LogP contribution is 2.39. The fourth-order valence-electron chi connectivity index (χ4n) is 3.63. The standard InChI is InChI=1S/C19H29NO3/c1-12(2)15-8-6-13(3)10-16(15)19(21)20-17-9-7-14(22-4)11-18(17)23-5/h7,9,11-13,15-16H,6,8,10H2,1-5H3,(H,20,21)/t13-,15+,16-/m1/s1. The molecule has 0 spiro atoms. The van der Waals surface area contributed by atoms with E-state index in [1.807, 2.05) is 12.1 Å². The van der Waals surface area contributed by atoms with Crippen LogP contribution < -0.4 is 14.8 Å². The van der Waals surface area contributed by atoms with Crippen LogP contribution in [0.15, 0.2) is 18.2 Å². The number of benzene rings is 1. The molecule has 0 unspecified atom stereocenters. The van der Waals surface area contributed by atoms with Gasteiger partial charge in [0.15, 0.2) is 0 Å². The minimum Gasteiger partial charge on any atom is -0.497 e. The summed E-state index contributed by atoms with van der Waals surface area (Å²) >= 11 is 0. The molecule has 0 aliphatic heterocycles. The Balaban J connectivity index is 2.16. The molecule has 3 atom stereocenters. The number of nitrogens with one attached hydrogen (secondary N) is 1. The monoisotopic (exact) mass is 319 g/mol. The highest BCUT2D eigenvalue weighted by molar-refractivity contribution is 5.94. The van der Waals surface area contributed by atoms with Crippen LogP contribution >= 0.6 is 0 Å². The minimum atomic E-state index is 0.0746. The Labute approximate surface area is 139 Å². The van der Waals surface area contributed by atoms with Crippen molar-refractivity contribution in [1.82, 2.24) is 0 Å². The van der Waals surface area contributed by atoms with Crippen LogP contribution in [0.1, 0.15) is 40.0 Å². The van der Waals surface area contributed by atoms with Gasteiger partial charge in [0.2, 0.25) is 5.91 Å². The maximum absolute atomic E-state index is 12.9. The van der Waals surface area contributed by atoms with Gasteiger partial charge < -0.3 is 14.8 Å². The van der Waals surface area contributed by atoms with Crippen molar-refractivity contribution in [1.29, 1.82) is 0 Å². The van der Waals surface area contributed by atoms with Gasteiger partial charge in [-0.1, -0.05) is 27.2 Å². The third-order valence-corrected chi connectivity index (χ3v) is 5.03. The summed E-state index contributed by atoms with van der Waals surface area (Å²) in [7, 11) is 3.22.